The number of hydrogen-bond donors (Lipinski definition) is 0. The molecule has 2 saturated heterocycles. The van der Waals surface area contributed by atoms with Crippen molar-refractivity contribution in [2.45, 2.75) is 38.1 Å². The molecular weight excluding hydrogens is 314 g/mol. The van der Waals surface area contributed by atoms with Gasteiger partial charge in [0.05, 0.1) is 5.56 Å². The van der Waals surface area contributed by atoms with Crippen LogP contribution in [0.3, 0.4) is 0 Å². The molecule has 0 unspecified atom stereocenters. The summed E-state index contributed by atoms with van der Waals surface area (Å²) in [5, 5.41) is 4.24. The van der Waals surface area contributed by atoms with Gasteiger partial charge in [-0.15, -0.1) is 0 Å². The Bertz CT molecular complexity index is 708. The highest BCUT2D eigenvalue weighted by atomic mass is 16.2. The standard InChI is InChI=1S/C19H25N5O/c25-19(17-8-4-9-20-18(17)24-14-6-10-21-24)23-13-5-7-16(15-23)22-11-2-1-3-12-22/h4,6,8-10,14,16H,1-3,5,7,11-13,15H2/t16-/m1/s1. The number of nitrogens with zero attached hydrogens (tertiary/aromatic N) is 5. The summed E-state index contributed by atoms with van der Waals surface area (Å²) in [6.45, 7) is 4.01. The minimum atomic E-state index is 0.0697. The second kappa shape index (κ2) is 7.35. The minimum Gasteiger partial charge on any atom is -0.337 e. The number of carbonyl (C=O) groups is 1. The van der Waals surface area contributed by atoms with Crippen molar-refractivity contribution >= 4 is 5.91 Å². The van der Waals surface area contributed by atoms with Crippen LogP contribution in [0.4, 0.5) is 0 Å². The summed E-state index contributed by atoms with van der Waals surface area (Å²) in [7, 11) is 0. The van der Waals surface area contributed by atoms with Gasteiger partial charge in [0.25, 0.3) is 5.91 Å². The van der Waals surface area contributed by atoms with E-state index < -0.39 is 0 Å². The first-order chi connectivity index (χ1) is 12.3. The molecule has 25 heavy (non-hydrogen) atoms. The van der Waals surface area contributed by atoms with E-state index in [2.05, 4.69) is 15.0 Å². The van der Waals surface area contributed by atoms with Crippen molar-refractivity contribution in [3.8, 4) is 5.82 Å². The van der Waals surface area contributed by atoms with E-state index in [1.165, 1.54) is 38.8 Å². The Morgan fingerprint density at radius 3 is 2.72 bits per heavy atom. The van der Waals surface area contributed by atoms with Gasteiger partial charge in [0.15, 0.2) is 5.82 Å². The number of amides is 1. The molecule has 2 aromatic heterocycles. The van der Waals surface area contributed by atoms with Crippen molar-refractivity contribution in [1.29, 1.82) is 0 Å². The highest BCUT2D eigenvalue weighted by Crippen LogP contribution is 2.22. The van der Waals surface area contributed by atoms with Gasteiger partial charge in [-0.25, -0.2) is 9.67 Å². The van der Waals surface area contributed by atoms with E-state index in [0.29, 0.717) is 17.4 Å². The molecule has 1 amide bonds. The highest BCUT2D eigenvalue weighted by molar-refractivity contribution is 5.97. The quantitative estimate of drug-likeness (QED) is 0.861. The largest absolute Gasteiger partial charge is 0.337 e. The van der Waals surface area contributed by atoms with Gasteiger partial charge in [-0.3, -0.25) is 9.69 Å². The second-order valence-electron chi connectivity index (χ2n) is 6.97. The van der Waals surface area contributed by atoms with Crippen molar-refractivity contribution in [2.24, 2.45) is 0 Å². The first kappa shape index (κ1) is 16.3. The van der Waals surface area contributed by atoms with Gasteiger partial charge >= 0.3 is 0 Å². The number of likely N-dealkylation sites (tertiary alicyclic amines) is 2. The van der Waals surface area contributed by atoms with Gasteiger partial charge in [-0.05, 0) is 57.0 Å². The lowest BCUT2D eigenvalue weighted by Crippen LogP contribution is -2.51. The molecule has 6 nitrogen and oxygen atoms in total. The van der Waals surface area contributed by atoms with Crippen molar-refractivity contribution in [2.75, 3.05) is 26.2 Å². The second-order valence-corrected chi connectivity index (χ2v) is 6.97. The molecule has 0 spiro atoms. The zero-order valence-corrected chi connectivity index (χ0v) is 14.5. The van der Waals surface area contributed by atoms with Crippen molar-refractivity contribution < 1.29 is 4.79 Å². The summed E-state index contributed by atoms with van der Waals surface area (Å²) in [6.07, 6.45) is 11.4. The van der Waals surface area contributed by atoms with Crippen molar-refractivity contribution in [3.63, 3.8) is 0 Å². The van der Waals surface area contributed by atoms with Crippen LogP contribution in [0, 0.1) is 0 Å². The summed E-state index contributed by atoms with van der Waals surface area (Å²) < 4.78 is 1.67. The van der Waals surface area contributed by atoms with Gasteiger partial charge in [0.1, 0.15) is 0 Å². The SMILES string of the molecule is O=C(c1cccnc1-n1cccn1)N1CCC[C@@H](N2CCCCC2)C1. The average Bonchev–Trinajstić information content (AvgIpc) is 3.23. The van der Waals surface area contributed by atoms with Gasteiger partial charge < -0.3 is 4.90 Å². The Labute approximate surface area is 148 Å². The number of hydrogen-bond acceptors (Lipinski definition) is 4. The highest BCUT2D eigenvalue weighted by Gasteiger charge is 2.30. The maximum Gasteiger partial charge on any atom is 0.257 e. The summed E-state index contributed by atoms with van der Waals surface area (Å²) in [5.41, 5.74) is 0.630. The summed E-state index contributed by atoms with van der Waals surface area (Å²) in [5.74, 6) is 0.679. The van der Waals surface area contributed by atoms with Crippen LogP contribution in [0.2, 0.25) is 0 Å². The number of piperidine rings is 2. The van der Waals surface area contributed by atoms with Gasteiger partial charge in [-0.2, -0.15) is 5.10 Å². The fourth-order valence-electron chi connectivity index (χ4n) is 4.03. The maximum absolute atomic E-state index is 13.2. The molecule has 2 aliphatic rings. The number of carbonyl (C=O) groups excluding carboxylic acids is 1. The lowest BCUT2D eigenvalue weighted by Gasteiger charge is -2.41. The first-order valence-electron chi connectivity index (χ1n) is 9.31. The smallest absolute Gasteiger partial charge is 0.257 e. The Balaban J connectivity index is 1.53. The molecule has 2 fully saturated rings. The Kier molecular flexibility index (Phi) is 4.78. The molecule has 2 aromatic rings. The fraction of sp³-hybridized carbons (Fsp3) is 0.526. The zero-order chi connectivity index (χ0) is 17.1. The summed E-state index contributed by atoms with van der Waals surface area (Å²) in [4.78, 5) is 22.1. The van der Waals surface area contributed by atoms with E-state index in [1.807, 2.05) is 29.3 Å². The van der Waals surface area contributed by atoms with E-state index in [1.54, 1.807) is 17.1 Å². The normalized spacial score (nSPS) is 22.1. The van der Waals surface area contributed by atoms with E-state index in [9.17, 15) is 4.79 Å². The molecule has 4 rings (SSSR count). The van der Waals surface area contributed by atoms with Crippen LogP contribution < -0.4 is 0 Å². The Morgan fingerprint density at radius 1 is 1.04 bits per heavy atom. The molecule has 0 radical (unpaired) electrons. The minimum absolute atomic E-state index is 0.0697. The van der Waals surface area contributed by atoms with Gasteiger partial charge in [0, 0.05) is 37.7 Å². The maximum atomic E-state index is 13.2. The molecule has 6 heteroatoms. The lowest BCUT2D eigenvalue weighted by atomic mass is 10.00. The molecule has 2 aliphatic heterocycles. The van der Waals surface area contributed by atoms with Crippen LogP contribution in [0.1, 0.15) is 42.5 Å². The summed E-state index contributed by atoms with van der Waals surface area (Å²) in [6, 6.07) is 6.03. The van der Waals surface area contributed by atoms with Crippen LogP contribution in [0.25, 0.3) is 5.82 Å². The molecule has 0 bridgehead atoms. The van der Waals surface area contributed by atoms with Crippen molar-refractivity contribution in [3.05, 3.63) is 42.4 Å². The number of pyridine rings is 1. The third kappa shape index (κ3) is 3.44. The third-order valence-electron chi connectivity index (χ3n) is 5.33. The molecule has 0 aromatic carbocycles. The molecule has 0 N–H and O–H groups in total. The first-order valence-corrected chi connectivity index (χ1v) is 9.31. The van der Waals surface area contributed by atoms with Crippen LogP contribution in [-0.4, -0.2) is 62.7 Å². The third-order valence-corrected chi connectivity index (χ3v) is 5.33. The van der Waals surface area contributed by atoms with Crippen LogP contribution in [0.15, 0.2) is 36.8 Å². The van der Waals surface area contributed by atoms with E-state index in [4.69, 9.17) is 0 Å². The van der Waals surface area contributed by atoms with Gasteiger partial charge in [-0.1, -0.05) is 6.42 Å². The zero-order valence-electron chi connectivity index (χ0n) is 14.5. The number of aromatic nitrogens is 3. The predicted molar refractivity (Wildman–Crippen MR) is 95.7 cm³/mol. The van der Waals surface area contributed by atoms with Crippen LogP contribution >= 0.6 is 0 Å². The summed E-state index contributed by atoms with van der Waals surface area (Å²) >= 11 is 0. The average molecular weight is 339 g/mol. The predicted octanol–water partition coefficient (Wildman–Crippen LogP) is 2.36. The molecular formula is C19H25N5O. The Morgan fingerprint density at radius 2 is 1.92 bits per heavy atom. The monoisotopic (exact) mass is 339 g/mol. The van der Waals surface area contributed by atoms with Gasteiger partial charge in [0.2, 0.25) is 0 Å². The topological polar surface area (TPSA) is 54.3 Å². The van der Waals surface area contributed by atoms with E-state index in [-0.39, 0.29) is 5.91 Å². The molecule has 132 valence electrons. The van der Waals surface area contributed by atoms with Crippen molar-refractivity contribution in [1.82, 2.24) is 24.6 Å². The van der Waals surface area contributed by atoms with Crippen LogP contribution in [-0.2, 0) is 0 Å². The fourth-order valence-corrected chi connectivity index (χ4v) is 4.03. The number of rotatable bonds is 3. The van der Waals surface area contributed by atoms with E-state index in [0.717, 1.165) is 19.5 Å². The molecule has 0 aliphatic carbocycles. The lowest BCUT2D eigenvalue weighted by molar-refractivity contribution is 0.0537. The molecule has 1 atom stereocenters. The van der Waals surface area contributed by atoms with E-state index >= 15 is 0 Å². The van der Waals surface area contributed by atoms with Crippen LogP contribution in [0.5, 0.6) is 0 Å². The Hall–Kier alpha value is -2.21. The molecule has 4 heterocycles. The molecule has 0 saturated carbocycles.